The molecule has 10 aromatic rings. The van der Waals surface area contributed by atoms with Gasteiger partial charge in [-0.05, 0) is 144 Å². The topological polar surface area (TPSA) is 9.72 Å². The van der Waals surface area contributed by atoms with Gasteiger partial charge in [0.2, 0.25) is 0 Å². The van der Waals surface area contributed by atoms with Crippen LogP contribution in [0.1, 0.15) is 37.2 Å². The maximum Gasteiger partial charge on any atom is 0.0540 e. The quantitative estimate of drug-likeness (QED) is 0.128. The van der Waals surface area contributed by atoms with Crippen LogP contribution >= 0.6 is 0 Å². The average molecular weight is 838 g/mol. The molecule has 11 rings (SSSR count). The van der Waals surface area contributed by atoms with Crippen molar-refractivity contribution in [2.45, 2.75) is 37.6 Å². The van der Waals surface area contributed by atoms with Crippen molar-refractivity contribution in [2.24, 2.45) is 0 Å². The van der Waals surface area contributed by atoms with E-state index in [1.807, 2.05) is 0 Å². The summed E-state index contributed by atoms with van der Waals surface area (Å²) in [6, 6.07) is 91.0. The fourth-order valence-corrected chi connectivity index (χ4v) is 10.2. The Morgan fingerprint density at radius 1 is 0.277 bits per heavy atom. The van der Waals surface area contributed by atoms with E-state index < -0.39 is 0 Å². The Morgan fingerprint density at radius 3 is 1.11 bits per heavy atom. The lowest BCUT2D eigenvalue weighted by atomic mass is 9.81. The van der Waals surface area contributed by atoms with Gasteiger partial charge in [0.15, 0.2) is 0 Å². The minimum absolute atomic E-state index is 0.413. The van der Waals surface area contributed by atoms with Crippen LogP contribution < -0.4 is 14.7 Å². The maximum absolute atomic E-state index is 2.59. The highest BCUT2D eigenvalue weighted by molar-refractivity contribution is 6.00. The summed E-state index contributed by atoms with van der Waals surface area (Å²) in [5.74, 6) is 0.532. The number of rotatable bonds is 11. The summed E-state index contributed by atoms with van der Waals surface area (Å²) in [7, 11) is 0. The van der Waals surface area contributed by atoms with Gasteiger partial charge in [-0.15, -0.1) is 0 Å². The molecule has 1 fully saturated rings. The first kappa shape index (κ1) is 39.9. The minimum Gasteiger partial charge on any atom is -0.338 e. The van der Waals surface area contributed by atoms with Gasteiger partial charge in [0.05, 0.1) is 11.4 Å². The van der Waals surface area contributed by atoms with E-state index in [9.17, 15) is 0 Å². The Bertz CT molecular complexity index is 3130. The summed E-state index contributed by atoms with van der Waals surface area (Å²) in [4.78, 5) is 7.35. The predicted octanol–water partition coefficient (Wildman–Crippen LogP) is 17.5. The van der Waals surface area contributed by atoms with Gasteiger partial charge in [-0.1, -0.05) is 164 Å². The molecule has 0 atom stereocenters. The van der Waals surface area contributed by atoms with E-state index in [1.165, 1.54) is 66.7 Å². The summed E-state index contributed by atoms with van der Waals surface area (Å²) in [5.41, 5.74) is 13.3. The van der Waals surface area contributed by atoms with Crippen molar-refractivity contribution in [3.05, 3.63) is 254 Å². The zero-order valence-electron chi connectivity index (χ0n) is 36.5. The van der Waals surface area contributed by atoms with E-state index in [0.29, 0.717) is 12.0 Å². The van der Waals surface area contributed by atoms with E-state index in [-0.39, 0.29) is 0 Å². The van der Waals surface area contributed by atoms with Crippen LogP contribution in [-0.2, 0) is 0 Å². The van der Waals surface area contributed by atoms with E-state index in [4.69, 9.17) is 0 Å². The van der Waals surface area contributed by atoms with Crippen molar-refractivity contribution in [2.75, 3.05) is 14.7 Å². The third kappa shape index (κ3) is 8.14. The van der Waals surface area contributed by atoms with Crippen molar-refractivity contribution < 1.29 is 0 Å². The normalized spacial score (nSPS) is 14.8. The molecule has 3 nitrogen and oxygen atoms in total. The molecule has 65 heavy (non-hydrogen) atoms. The van der Waals surface area contributed by atoms with E-state index in [2.05, 4.69) is 263 Å². The van der Waals surface area contributed by atoms with Crippen molar-refractivity contribution in [1.82, 2.24) is 0 Å². The molecule has 0 bridgehead atoms. The molecule has 1 aliphatic rings. The number of benzene rings is 10. The molecule has 0 unspecified atom stereocenters. The molecule has 10 aromatic carbocycles. The fourth-order valence-electron chi connectivity index (χ4n) is 10.2. The highest BCUT2D eigenvalue weighted by Crippen LogP contribution is 2.44. The Balaban J connectivity index is 0.822. The largest absolute Gasteiger partial charge is 0.338 e. The van der Waals surface area contributed by atoms with Crippen LogP contribution in [-0.4, -0.2) is 6.04 Å². The number of hydrogen-bond donors (Lipinski definition) is 0. The Kier molecular flexibility index (Phi) is 11.1. The summed E-state index contributed by atoms with van der Waals surface area (Å²) in [6.45, 7) is 0. The van der Waals surface area contributed by atoms with Gasteiger partial charge in [-0.25, -0.2) is 0 Å². The van der Waals surface area contributed by atoms with Gasteiger partial charge < -0.3 is 14.7 Å². The summed E-state index contributed by atoms with van der Waals surface area (Å²) < 4.78 is 0. The third-order valence-electron chi connectivity index (χ3n) is 13.4. The predicted molar refractivity (Wildman–Crippen MR) is 276 cm³/mol. The monoisotopic (exact) mass is 837 g/mol. The summed E-state index contributed by atoms with van der Waals surface area (Å²) in [6.07, 6.45) is 4.57. The molecule has 0 spiro atoms. The zero-order valence-corrected chi connectivity index (χ0v) is 36.5. The highest BCUT2D eigenvalue weighted by atomic mass is 15.2. The molecule has 0 aliphatic heterocycles. The maximum atomic E-state index is 2.59. The van der Waals surface area contributed by atoms with Gasteiger partial charge in [-0.3, -0.25) is 0 Å². The summed E-state index contributed by atoms with van der Waals surface area (Å²) >= 11 is 0. The molecule has 0 aromatic heterocycles. The van der Waals surface area contributed by atoms with Gasteiger partial charge >= 0.3 is 0 Å². The first-order valence-electron chi connectivity index (χ1n) is 23.1. The molecule has 0 N–H and O–H groups in total. The second kappa shape index (κ2) is 18.1. The van der Waals surface area contributed by atoms with E-state index in [0.717, 1.165) is 42.7 Å². The number of para-hydroxylation sites is 3. The molecule has 314 valence electrons. The van der Waals surface area contributed by atoms with Crippen LogP contribution in [0.3, 0.4) is 0 Å². The molecule has 0 radical (unpaired) electrons. The molecule has 3 heteroatoms. The summed E-state index contributed by atoms with van der Waals surface area (Å²) in [5, 5.41) is 4.95. The molecule has 1 aliphatic carbocycles. The number of anilines is 8. The molecule has 1 saturated carbocycles. The smallest absolute Gasteiger partial charge is 0.0540 e. The first-order chi connectivity index (χ1) is 32.2. The molecular weight excluding hydrogens is 787 g/mol. The molecular formula is C62H51N3. The van der Waals surface area contributed by atoms with Crippen LogP contribution in [0.15, 0.2) is 249 Å². The Morgan fingerprint density at radius 2 is 0.631 bits per heavy atom. The van der Waals surface area contributed by atoms with Crippen LogP contribution in [0.4, 0.5) is 45.5 Å². The minimum atomic E-state index is 0.413. The molecule has 0 amide bonds. The van der Waals surface area contributed by atoms with Crippen molar-refractivity contribution >= 4 is 67.0 Å². The average Bonchev–Trinajstić information content (AvgIpc) is 3.39. The van der Waals surface area contributed by atoms with Crippen molar-refractivity contribution in [1.29, 1.82) is 0 Å². The van der Waals surface area contributed by atoms with Gasteiger partial charge in [-0.2, -0.15) is 0 Å². The fraction of sp³-hybridized carbons (Fsp3) is 0.0968. The van der Waals surface area contributed by atoms with Crippen LogP contribution in [0, 0.1) is 0 Å². The number of hydrogen-bond acceptors (Lipinski definition) is 3. The van der Waals surface area contributed by atoms with Gasteiger partial charge in [0.25, 0.3) is 0 Å². The van der Waals surface area contributed by atoms with Crippen LogP contribution in [0.2, 0.25) is 0 Å². The second-order valence-electron chi connectivity index (χ2n) is 17.2. The lowest BCUT2D eigenvalue weighted by molar-refractivity contribution is 0.392. The number of nitrogens with zero attached hydrogens (tertiary/aromatic N) is 3. The standard InChI is InChI=1S/C62H51N3/c1-4-20-52(21-5-1)63(55-38-30-46(31-39-55)48-34-42-57(43-35-48)64(53-22-6-2-7-23-53)61-28-14-18-50-16-10-12-26-59(50)61)56-40-32-47(33-41-56)49-36-44-58(45-37-49)65(54-24-8-3-9-25-54)62-29-15-19-51-17-11-13-27-60(51)62/h1-31,34-39,42-45,47,56H,32-33,40-41H2. The first-order valence-corrected chi connectivity index (χ1v) is 23.1. The van der Waals surface area contributed by atoms with Crippen molar-refractivity contribution in [3.63, 3.8) is 0 Å². The van der Waals surface area contributed by atoms with E-state index >= 15 is 0 Å². The second-order valence-corrected chi connectivity index (χ2v) is 17.2. The van der Waals surface area contributed by atoms with Gasteiger partial charge in [0, 0.05) is 50.9 Å². The number of fused-ring (bicyclic) bond motifs is 2. The van der Waals surface area contributed by atoms with Crippen LogP contribution in [0.5, 0.6) is 0 Å². The highest BCUT2D eigenvalue weighted by Gasteiger charge is 2.28. The van der Waals surface area contributed by atoms with E-state index in [1.54, 1.807) is 0 Å². The Labute approximate surface area is 383 Å². The third-order valence-corrected chi connectivity index (χ3v) is 13.4. The lowest BCUT2D eigenvalue weighted by Gasteiger charge is -2.39. The molecule has 0 saturated heterocycles. The SMILES string of the molecule is c1ccc(N(c2ccc(-c3ccc(N(c4ccccc4)C4CCC(c5ccc(N(c6ccccc6)c6cccc7ccccc67)cc5)CC4)cc3)cc2)c2cccc3ccccc23)cc1. The van der Waals surface area contributed by atoms with Crippen LogP contribution in [0.25, 0.3) is 32.7 Å². The van der Waals surface area contributed by atoms with Gasteiger partial charge in [0.1, 0.15) is 0 Å². The van der Waals surface area contributed by atoms with Crippen molar-refractivity contribution in [3.8, 4) is 11.1 Å². The zero-order chi connectivity index (χ0) is 43.4. The lowest BCUT2D eigenvalue weighted by Crippen LogP contribution is -2.34. The Hall–Kier alpha value is -7.88. The molecule has 0 heterocycles.